The molecule has 0 bridgehead atoms. The third kappa shape index (κ3) is 5.04. The molecule has 29 heavy (non-hydrogen) atoms. The number of benzene rings is 2. The monoisotopic (exact) mass is 434 g/mol. The van der Waals surface area contributed by atoms with Crippen molar-refractivity contribution in [1.82, 2.24) is 9.78 Å². The van der Waals surface area contributed by atoms with Crippen molar-refractivity contribution in [3.05, 3.63) is 74.0 Å². The molecule has 0 saturated heterocycles. The maximum Gasteiger partial charge on any atom is 0.275 e. The van der Waals surface area contributed by atoms with E-state index in [9.17, 15) is 14.9 Å². The molecule has 0 spiro atoms. The lowest BCUT2D eigenvalue weighted by Gasteiger charge is -2.11. The number of amides is 1. The van der Waals surface area contributed by atoms with Gasteiger partial charge in [0.2, 0.25) is 5.91 Å². The molecule has 0 unspecified atom stereocenters. The summed E-state index contributed by atoms with van der Waals surface area (Å²) >= 11 is 11.9. The van der Waals surface area contributed by atoms with Crippen LogP contribution in [0.15, 0.2) is 42.6 Å². The predicted octanol–water partition coefficient (Wildman–Crippen LogP) is 5.15. The van der Waals surface area contributed by atoms with Crippen LogP contribution in [0, 0.1) is 24.0 Å². The van der Waals surface area contributed by atoms with Gasteiger partial charge in [-0.05, 0) is 37.6 Å². The van der Waals surface area contributed by atoms with Crippen LogP contribution in [0.5, 0.6) is 11.5 Å². The van der Waals surface area contributed by atoms with Crippen LogP contribution in [0.2, 0.25) is 10.0 Å². The van der Waals surface area contributed by atoms with Gasteiger partial charge in [-0.15, -0.1) is 0 Å². The van der Waals surface area contributed by atoms with Gasteiger partial charge in [-0.1, -0.05) is 23.2 Å². The average molecular weight is 435 g/mol. The minimum absolute atomic E-state index is 0.0896. The van der Waals surface area contributed by atoms with Gasteiger partial charge in [0, 0.05) is 17.2 Å². The summed E-state index contributed by atoms with van der Waals surface area (Å²) in [6.45, 7) is 3.45. The van der Waals surface area contributed by atoms with Crippen LogP contribution in [0.4, 0.5) is 11.4 Å². The van der Waals surface area contributed by atoms with E-state index in [-0.39, 0.29) is 23.7 Å². The number of nitrogens with one attached hydrogen (secondary N) is 1. The molecule has 0 radical (unpaired) electrons. The molecule has 0 atom stereocenters. The molecular formula is C19H16Cl2N4O4. The van der Waals surface area contributed by atoms with E-state index >= 15 is 0 Å². The summed E-state index contributed by atoms with van der Waals surface area (Å²) in [6, 6.07) is 9.07. The van der Waals surface area contributed by atoms with Crippen molar-refractivity contribution < 1.29 is 14.5 Å². The molecule has 150 valence electrons. The Labute approximate surface area is 176 Å². The highest BCUT2D eigenvalue weighted by atomic mass is 35.5. The first-order valence-corrected chi connectivity index (χ1v) is 9.20. The molecule has 1 amide bonds. The average Bonchev–Trinajstić information content (AvgIpc) is 2.96. The van der Waals surface area contributed by atoms with E-state index < -0.39 is 10.8 Å². The van der Waals surface area contributed by atoms with Gasteiger partial charge in [-0.25, -0.2) is 0 Å². The van der Waals surface area contributed by atoms with Gasteiger partial charge in [0.1, 0.15) is 18.0 Å². The number of hydrogen-bond acceptors (Lipinski definition) is 5. The van der Waals surface area contributed by atoms with Crippen molar-refractivity contribution in [2.45, 2.75) is 20.4 Å². The van der Waals surface area contributed by atoms with Crippen LogP contribution >= 0.6 is 23.2 Å². The van der Waals surface area contributed by atoms with Gasteiger partial charge >= 0.3 is 0 Å². The number of nitrogens with zero attached hydrogens (tertiary/aromatic N) is 3. The number of halogens is 2. The van der Waals surface area contributed by atoms with Gasteiger partial charge < -0.3 is 10.1 Å². The minimum atomic E-state index is -0.561. The molecule has 1 aromatic heterocycles. The number of non-ortho nitro benzene ring substituents is 1. The lowest BCUT2D eigenvalue weighted by molar-refractivity contribution is -0.384. The Morgan fingerprint density at radius 1 is 1.24 bits per heavy atom. The largest absolute Gasteiger partial charge is 0.457 e. The van der Waals surface area contributed by atoms with E-state index in [1.165, 1.54) is 29.1 Å². The van der Waals surface area contributed by atoms with Crippen LogP contribution in [-0.2, 0) is 11.3 Å². The van der Waals surface area contributed by atoms with E-state index in [4.69, 9.17) is 27.9 Å². The summed E-state index contributed by atoms with van der Waals surface area (Å²) in [4.78, 5) is 23.1. The van der Waals surface area contributed by atoms with Gasteiger partial charge in [0.25, 0.3) is 5.69 Å². The highest BCUT2D eigenvalue weighted by Crippen LogP contribution is 2.32. The summed E-state index contributed by atoms with van der Waals surface area (Å²) in [7, 11) is 0. The molecule has 3 rings (SSSR count). The molecule has 0 saturated carbocycles. The number of nitro groups is 1. The molecule has 0 fully saturated rings. The molecule has 2 aromatic carbocycles. The normalized spacial score (nSPS) is 10.6. The van der Waals surface area contributed by atoms with Crippen molar-refractivity contribution >= 4 is 40.5 Å². The zero-order chi connectivity index (χ0) is 21.1. The summed E-state index contributed by atoms with van der Waals surface area (Å²) in [5.41, 5.74) is 1.41. The molecule has 3 aromatic rings. The Bertz CT molecular complexity index is 1100. The second-order valence-corrected chi connectivity index (χ2v) is 7.11. The second kappa shape index (κ2) is 8.50. The molecule has 1 N–H and O–H groups in total. The fraction of sp³-hybridized carbons (Fsp3) is 0.158. The third-order valence-corrected chi connectivity index (χ3v) is 4.69. The number of ether oxygens (including phenoxy) is 1. The zero-order valence-electron chi connectivity index (χ0n) is 15.5. The third-order valence-electron chi connectivity index (χ3n) is 4.09. The number of carbonyl (C=O) groups is 1. The highest BCUT2D eigenvalue weighted by Gasteiger charge is 2.15. The number of aromatic nitrogens is 2. The Kier molecular flexibility index (Phi) is 6.05. The number of hydrogen-bond donors (Lipinski definition) is 1. The number of aryl methyl sites for hydroxylation is 1. The van der Waals surface area contributed by atoms with Crippen molar-refractivity contribution in [3.63, 3.8) is 0 Å². The van der Waals surface area contributed by atoms with Crippen LogP contribution in [0.1, 0.15) is 11.3 Å². The maximum absolute atomic E-state index is 12.3. The standard InChI is InChI=1S/C19H16Cl2N4O4/c1-11-5-13(20)3-4-18(11)29-16-7-14(6-15(8-16)25(27)28)23-19(26)10-24-12(2)17(21)9-22-24/h3-9H,10H2,1-2H3,(H,23,26). The molecule has 10 heteroatoms. The molecule has 1 heterocycles. The Morgan fingerprint density at radius 3 is 2.62 bits per heavy atom. The molecule has 0 aliphatic carbocycles. The summed E-state index contributed by atoms with van der Waals surface area (Å²) in [5, 5.41) is 18.9. The topological polar surface area (TPSA) is 99.3 Å². The first-order chi connectivity index (χ1) is 13.7. The van der Waals surface area contributed by atoms with Crippen LogP contribution in [-0.4, -0.2) is 20.6 Å². The van der Waals surface area contributed by atoms with Crippen molar-refractivity contribution in [1.29, 1.82) is 0 Å². The summed E-state index contributed by atoms with van der Waals surface area (Å²) in [5.74, 6) is 0.286. The summed E-state index contributed by atoms with van der Waals surface area (Å²) in [6.07, 6.45) is 1.44. The lowest BCUT2D eigenvalue weighted by Crippen LogP contribution is -2.20. The maximum atomic E-state index is 12.3. The molecule has 0 aliphatic rings. The smallest absolute Gasteiger partial charge is 0.275 e. The quantitative estimate of drug-likeness (QED) is 0.427. The van der Waals surface area contributed by atoms with Gasteiger partial charge in [0.05, 0.1) is 33.6 Å². The van der Waals surface area contributed by atoms with E-state index in [2.05, 4.69) is 10.4 Å². The number of carbonyl (C=O) groups excluding carboxylic acids is 1. The predicted molar refractivity (Wildman–Crippen MR) is 110 cm³/mol. The number of nitro benzene ring substituents is 1. The van der Waals surface area contributed by atoms with Crippen molar-refractivity contribution in [2.24, 2.45) is 0 Å². The fourth-order valence-corrected chi connectivity index (χ4v) is 2.96. The Hall–Kier alpha value is -3.10. The Morgan fingerprint density at radius 2 is 2.00 bits per heavy atom. The molecule has 8 nitrogen and oxygen atoms in total. The van der Waals surface area contributed by atoms with E-state index in [1.54, 1.807) is 32.0 Å². The molecular weight excluding hydrogens is 419 g/mol. The van der Waals surface area contributed by atoms with Gasteiger partial charge in [-0.2, -0.15) is 5.10 Å². The summed E-state index contributed by atoms with van der Waals surface area (Å²) < 4.78 is 7.20. The van der Waals surface area contributed by atoms with Gasteiger partial charge in [-0.3, -0.25) is 19.6 Å². The number of anilines is 1. The van der Waals surface area contributed by atoms with Crippen molar-refractivity contribution in [3.8, 4) is 11.5 Å². The van der Waals surface area contributed by atoms with E-state index in [0.717, 1.165) is 5.56 Å². The van der Waals surface area contributed by atoms with Crippen molar-refractivity contribution in [2.75, 3.05) is 5.32 Å². The first-order valence-electron chi connectivity index (χ1n) is 8.44. The van der Waals surface area contributed by atoms with Crippen LogP contribution < -0.4 is 10.1 Å². The Balaban J connectivity index is 1.83. The van der Waals surface area contributed by atoms with Crippen LogP contribution in [0.25, 0.3) is 0 Å². The van der Waals surface area contributed by atoms with E-state index in [0.29, 0.717) is 21.5 Å². The SMILES string of the molecule is Cc1cc(Cl)ccc1Oc1cc(NC(=O)Cn2ncc(Cl)c2C)cc([N+](=O)[O-])c1. The number of rotatable bonds is 6. The first kappa shape index (κ1) is 20.6. The van der Waals surface area contributed by atoms with Gasteiger partial charge in [0.15, 0.2) is 0 Å². The second-order valence-electron chi connectivity index (χ2n) is 6.27. The lowest BCUT2D eigenvalue weighted by atomic mass is 10.2. The minimum Gasteiger partial charge on any atom is -0.457 e. The fourth-order valence-electron chi connectivity index (χ4n) is 2.59. The van der Waals surface area contributed by atoms with E-state index in [1.807, 2.05) is 0 Å². The zero-order valence-corrected chi connectivity index (χ0v) is 17.0. The van der Waals surface area contributed by atoms with Crippen LogP contribution in [0.3, 0.4) is 0 Å². The highest BCUT2D eigenvalue weighted by molar-refractivity contribution is 6.31. The molecule has 0 aliphatic heterocycles.